The maximum absolute atomic E-state index is 5.47. The van der Waals surface area contributed by atoms with E-state index in [4.69, 9.17) is 9.47 Å². The molecule has 0 radical (unpaired) electrons. The number of pyridine rings is 1. The van der Waals surface area contributed by atoms with Crippen molar-refractivity contribution in [3.05, 3.63) is 36.8 Å². The Hall–Kier alpha value is -2.60. The molecule has 0 bridgehead atoms. The highest BCUT2D eigenvalue weighted by Gasteiger charge is 2.19. The molecule has 6 heteroatoms. The van der Waals surface area contributed by atoms with Crippen LogP contribution in [0.4, 0.5) is 0 Å². The third-order valence-corrected chi connectivity index (χ3v) is 5.22. The minimum atomic E-state index is 0.475. The number of likely N-dealkylation sites (tertiary alicyclic amines) is 1. The van der Waals surface area contributed by atoms with Gasteiger partial charge >= 0.3 is 0 Å². The van der Waals surface area contributed by atoms with Gasteiger partial charge in [0, 0.05) is 29.4 Å². The largest absolute Gasteiger partial charge is 0.493 e. The number of piperidine rings is 1. The SMILES string of the molecule is COc1cc2nccc(-c3cnn(C4CCN(C)CC4)c3)c2cc1OC. The normalized spacial score (nSPS) is 16.1. The molecule has 26 heavy (non-hydrogen) atoms. The fraction of sp³-hybridized carbons (Fsp3) is 0.400. The standard InChI is InChI=1S/C20H24N4O2/c1-23-8-5-15(6-9-23)24-13-14(12-22-24)16-4-7-21-18-11-20(26-3)19(25-2)10-17(16)18/h4,7,10-13,15H,5-6,8-9H2,1-3H3. The molecule has 2 aromatic heterocycles. The zero-order chi connectivity index (χ0) is 18.1. The van der Waals surface area contributed by atoms with Crippen molar-refractivity contribution < 1.29 is 9.47 Å². The Kier molecular flexibility index (Phi) is 4.51. The molecule has 1 saturated heterocycles. The van der Waals surface area contributed by atoms with E-state index in [9.17, 15) is 0 Å². The number of hydrogen-bond acceptors (Lipinski definition) is 5. The molecule has 0 spiro atoms. The molecule has 0 amide bonds. The van der Waals surface area contributed by atoms with E-state index in [2.05, 4.69) is 32.9 Å². The van der Waals surface area contributed by atoms with E-state index in [0.717, 1.165) is 48.0 Å². The Bertz CT molecular complexity index is 913. The van der Waals surface area contributed by atoms with Crippen LogP contribution in [0.3, 0.4) is 0 Å². The molecule has 0 saturated carbocycles. The van der Waals surface area contributed by atoms with Crippen LogP contribution in [0.5, 0.6) is 11.5 Å². The molecule has 0 N–H and O–H groups in total. The molecule has 1 aromatic carbocycles. The third kappa shape index (κ3) is 3.01. The van der Waals surface area contributed by atoms with Crippen LogP contribution in [-0.2, 0) is 0 Å². The molecule has 1 fully saturated rings. The van der Waals surface area contributed by atoms with Crippen molar-refractivity contribution in [2.75, 3.05) is 34.4 Å². The zero-order valence-electron chi connectivity index (χ0n) is 15.5. The number of aromatic nitrogens is 3. The third-order valence-electron chi connectivity index (χ3n) is 5.22. The average molecular weight is 352 g/mol. The second-order valence-corrected chi connectivity index (χ2v) is 6.83. The minimum absolute atomic E-state index is 0.475. The van der Waals surface area contributed by atoms with Gasteiger partial charge in [0.1, 0.15) is 0 Å². The Balaban J connectivity index is 1.73. The summed E-state index contributed by atoms with van der Waals surface area (Å²) in [7, 11) is 5.46. The van der Waals surface area contributed by atoms with E-state index in [-0.39, 0.29) is 0 Å². The molecule has 1 aliphatic rings. The number of hydrogen-bond donors (Lipinski definition) is 0. The second kappa shape index (κ2) is 6.96. The summed E-state index contributed by atoms with van der Waals surface area (Å²) in [5.41, 5.74) is 3.09. The monoisotopic (exact) mass is 352 g/mol. The Morgan fingerprint density at radius 2 is 1.81 bits per heavy atom. The summed E-state index contributed by atoms with van der Waals surface area (Å²) in [6, 6.07) is 6.41. The van der Waals surface area contributed by atoms with Crippen LogP contribution >= 0.6 is 0 Å². The quantitative estimate of drug-likeness (QED) is 0.720. The first kappa shape index (κ1) is 16.8. The van der Waals surface area contributed by atoms with Crippen molar-refractivity contribution in [1.29, 1.82) is 0 Å². The number of methoxy groups -OCH3 is 2. The van der Waals surface area contributed by atoms with Crippen LogP contribution in [0.15, 0.2) is 36.8 Å². The van der Waals surface area contributed by atoms with E-state index in [1.54, 1.807) is 14.2 Å². The highest BCUT2D eigenvalue weighted by atomic mass is 16.5. The molecular formula is C20H24N4O2. The van der Waals surface area contributed by atoms with Crippen molar-refractivity contribution in [3.63, 3.8) is 0 Å². The first-order chi connectivity index (χ1) is 12.7. The summed E-state index contributed by atoms with van der Waals surface area (Å²) in [4.78, 5) is 6.86. The van der Waals surface area contributed by atoms with Crippen LogP contribution in [0.1, 0.15) is 18.9 Å². The van der Waals surface area contributed by atoms with Gasteiger partial charge in [-0.2, -0.15) is 5.10 Å². The van der Waals surface area contributed by atoms with Gasteiger partial charge in [0.15, 0.2) is 11.5 Å². The van der Waals surface area contributed by atoms with Crippen molar-refractivity contribution >= 4 is 10.9 Å². The molecule has 6 nitrogen and oxygen atoms in total. The van der Waals surface area contributed by atoms with Gasteiger partial charge in [0.25, 0.3) is 0 Å². The number of nitrogens with zero attached hydrogens (tertiary/aromatic N) is 4. The van der Waals surface area contributed by atoms with Crippen LogP contribution in [0.25, 0.3) is 22.0 Å². The van der Waals surface area contributed by atoms with E-state index < -0.39 is 0 Å². The molecule has 0 unspecified atom stereocenters. The number of benzene rings is 1. The Morgan fingerprint density at radius 1 is 1.08 bits per heavy atom. The van der Waals surface area contributed by atoms with Crippen LogP contribution in [-0.4, -0.2) is 54.0 Å². The van der Waals surface area contributed by atoms with E-state index in [0.29, 0.717) is 17.5 Å². The van der Waals surface area contributed by atoms with Gasteiger partial charge in [0.05, 0.1) is 32.0 Å². The van der Waals surface area contributed by atoms with E-state index in [1.807, 2.05) is 30.6 Å². The molecule has 3 aromatic rings. The van der Waals surface area contributed by atoms with Gasteiger partial charge < -0.3 is 14.4 Å². The highest BCUT2D eigenvalue weighted by Crippen LogP contribution is 2.36. The second-order valence-electron chi connectivity index (χ2n) is 6.83. The summed E-state index contributed by atoms with van der Waals surface area (Å²) >= 11 is 0. The zero-order valence-corrected chi connectivity index (χ0v) is 15.5. The lowest BCUT2D eigenvalue weighted by molar-refractivity contribution is 0.212. The maximum atomic E-state index is 5.47. The number of rotatable bonds is 4. The summed E-state index contributed by atoms with van der Waals surface area (Å²) in [6.07, 6.45) is 8.21. The Labute approximate surface area is 153 Å². The topological polar surface area (TPSA) is 52.4 Å². The fourth-order valence-electron chi connectivity index (χ4n) is 3.66. The van der Waals surface area contributed by atoms with Gasteiger partial charge in [-0.3, -0.25) is 9.67 Å². The summed E-state index contributed by atoms with van der Waals surface area (Å²) in [6.45, 7) is 2.24. The van der Waals surface area contributed by atoms with Crippen molar-refractivity contribution in [3.8, 4) is 22.6 Å². The van der Waals surface area contributed by atoms with Crippen LogP contribution in [0.2, 0.25) is 0 Å². The molecular weight excluding hydrogens is 328 g/mol. The van der Waals surface area contributed by atoms with Gasteiger partial charge in [-0.25, -0.2) is 0 Å². The predicted molar refractivity (Wildman–Crippen MR) is 102 cm³/mol. The lowest BCUT2D eigenvalue weighted by Gasteiger charge is -2.28. The predicted octanol–water partition coefficient (Wildman–Crippen LogP) is 3.38. The molecule has 0 aliphatic carbocycles. The van der Waals surface area contributed by atoms with Gasteiger partial charge in [-0.05, 0) is 50.7 Å². The molecule has 1 aliphatic heterocycles. The van der Waals surface area contributed by atoms with Crippen molar-refractivity contribution in [1.82, 2.24) is 19.7 Å². The summed E-state index contributed by atoms with van der Waals surface area (Å²) in [5.74, 6) is 1.39. The van der Waals surface area contributed by atoms with Crippen molar-refractivity contribution in [2.24, 2.45) is 0 Å². The van der Waals surface area contributed by atoms with Gasteiger partial charge in [-0.1, -0.05) is 0 Å². The van der Waals surface area contributed by atoms with Crippen molar-refractivity contribution in [2.45, 2.75) is 18.9 Å². The Morgan fingerprint density at radius 3 is 2.54 bits per heavy atom. The van der Waals surface area contributed by atoms with Crippen LogP contribution < -0.4 is 9.47 Å². The molecule has 3 heterocycles. The lowest BCUT2D eigenvalue weighted by Crippen LogP contribution is -2.31. The molecule has 136 valence electrons. The van der Waals surface area contributed by atoms with Gasteiger partial charge in [-0.15, -0.1) is 0 Å². The van der Waals surface area contributed by atoms with Crippen LogP contribution in [0, 0.1) is 0 Å². The smallest absolute Gasteiger partial charge is 0.162 e. The lowest BCUT2D eigenvalue weighted by atomic mass is 10.0. The minimum Gasteiger partial charge on any atom is -0.493 e. The number of ether oxygens (including phenoxy) is 2. The van der Waals surface area contributed by atoms with E-state index >= 15 is 0 Å². The number of fused-ring (bicyclic) bond motifs is 1. The summed E-state index contributed by atoms with van der Waals surface area (Å²) < 4.78 is 13.0. The maximum Gasteiger partial charge on any atom is 0.162 e. The summed E-state index contributed by atoms with van der Waals surface area (Å²) in [5, 5.41) is 5.68. The fourth-order valence-corrected chi connectivity index (χ4v) is 3.66. The molecule has 0 atom stereocenters. The highest BCUT2D eigenvalue weighted by molar-refractivity contribution is 5.96. The first-order valence-electron chi connectivity index (χ1n) is 8.93. The molecule has 4 rings (SSSR count). The first-order valence-corrected chi connectivity index (χ1v) is 8.93. The average Bonchev–Trinajstić information content (AvgIpc) is 3.16. The van der Waals surface area contributed by atoms with E-state index in [1.165, 1.54) is 0 Å². The van der Waals surface area contributed by atoms with Gasteiger partial charge in [0.2, 0.25) is 0 Å².